The van der Waals surface area contributed by atoms with Crippen molar-refractivity contribution in [2.75, 3.05) is 17.2 Å². The van der Waals surface area contributed by atoms with Crippen molar-refractivity contribution < 1.29 is 19.1 Å². The van der Waals surface area contributed by atoms with Crippen LogP contribution in [0.15, 0.2) is 109 Å². The molecule has 0 aliphatic rings. The number of rotatable bonds is 7. The van der Waals surface area contributed by atoms with Crippen LogP contribution >= 0.6 is 0 Å². The molecule has 5 aromatic rings. The molecule has 186 valence electrons. The maximum absolute atomic E-state index is 12.7. The first-order valence-corrected chi connectivity index (χ1v) is 11.8. The van der Waals surface area contributed by atoms with Gasteiger partial charge < -0.3 is 15.4 Å². The Hall–Kier alpha value is -5.37. The van der Waals surface area contributed by atoms with Gasteiger partial charge in [0.05, 0.1) is 34.2 Å². The molecule has 0 spiro atoms. The van der Waals surface area contributed by atoms with Crippen LogP contribution in [0, 0.1) is 0 Å². The highest BCUT2D eigenvalue weighted by Crippen LogP contribution is 2.22. The normalized spacial score (nSPS) is 10.5. The van der Waals surface area contributed by atoms with Gasteiger partial charge in [-0.1, -0.05) is 54.6 Å². The van der Waals surface area contributed by atoms with Crippen LogP contribution in [0.4, 0.5) is 11.4 Å². The summed E-state index contributed by atoms with van der Waals surface area (Å²) in [5, 5.41) is 5.45. The SMILES string of the molecule is O=C(COC(=O)c1ccccc1NC(=O)c1ccccc1)Nc1cccc(-c2cnc3ccccc3n2)c1. The van der Waals surface area contributed by atoms with Gasteiger partial charge in [0.25, 0.3) is 11.8 Å². The number of nitrogens with zero attached hydrogens (tertiary/aromatic N) is 2. The monoisotopic (exact) mass is 502 g/mol. The Morgan fingerprint density at radius 2 is 1.47 bits per heavy atom. The molecule has 5 rings (SSSR count). The van der Waals surface area contributed by atoms with Crippen LogP contribution in [-0.4, -0.2) is 34.4 Å². The Morgan fingerprint density at radius 3 is 2.32 bits per heavy atom. The largest absolute Gasteiger partial charge is 0.452 e. The summed E-state index contributed by atoms with van der Waals surface area (Å²) >= 11 is 0. The molecule has 2 amide bonds. The molecule has 0 aliphatic heterocycles. The topological polar surface area (TPSA) is 110 Å². The van der Waals surface area contributed by atoms with E-state index in [9.17, 15) is 14.4 Å². The van der Waals surface area contributed by atoms with Crippen molar-refractivity contribution in [2.24, 2.45) is 0 Å². The third-order valence-corrected chi connectivity index (χ3v) is 5.66. The molecule has 8 nitrogen and oxygen atoms in total. The summed E-state index contributed by atoms with van der Waals surface area (Å²) in [5.41, 5.74) is 4.41. The summed E-state index contributed by atoms with van der Waals surface area (Å²) in [4.78, 5) is 46.8. The number of carbonyl (C=O) groups is 3. The van der Waals surface area contributed by atoms with E-state index in [2.05, 4.69) is 20.6 Å². The maximum Gasteiger partial charge on any atom is 0.340 e. The minimum Gasteiger partial charge on any atom is -0.452 e. The van der Waals surface area contributed by atoms with Crippen molar-refractivity contribution in [3.63, 3.8) is 0 Å². The second-order valence-electron chi connectivity index (χ2n) is 8.31. The smallest absolute Gasteiger partial charge is 0.340 e. The van der Waals surface area contributed by atoms with Gasteiger partial charge in [0.15, 0.2) is 6.61 Å². The van der Waals surface area contributed by atoms with Crippen LogP contribution in [0.3, 0.4) is 0 Å². The van der Waals surface area contributed by atoms with E-state index in [4.69, 9.17) is 4.74 Å². The number of esters is 1. The highest BCUT2D eigenvalue weighted by molar-refractivity contribution is 6.08. The molecule has 0 saturated carbocycles. The van der Waals surface area contributed by atoms with E-state index >= 15 is 0 Å². The zero-order valence-corrected chi connectivity index (χ0v) is 20.1. The highest BCUT2D eigenvalue weighted by Gasteiger charge is 2.17. The van der Waals surface area contributed by atoms with Crippen LogP contribution in [0.1, 0.15) is 20.7 Å². The van der Waals surface area contributed by atoms with Crippen LogP contribution in [-0.2, 0) is 9.53 Å². The average Bonchev–Trinajstić information content (AvgIpc) is 2.96. The van der Waals surface area contributed by atoms with E-state index < -0.39 is 18.5 Å². The number of nitrogens with one attached hydrogen (secondary N) is 2. The van der Waals surface area contributed by atoms with Gasteiger partial charge in [-0.05, 0) is 48.5 Å². The lowest BCUT2D eigenvalue weighted by atomic mass is 10.1. The first kappa shape index (κ1) is 24.3. The van der Waals surface area contributed by atoms with Gasteiger partial charge >= 0.3 is 5.97 Å². The molecule has 0 atom stereocenters. The molecule has 4 aromatic carbocycles. The van der Waals surface area contributed by atoms with E-state index in [1.807, 2.05) is 30.3 Å². The first-order chi connectivity index (χ1) is 18.6. The Kier molecular flexibility index (Phi) is 7.13. The molecule has 0 saturated heterocycles. The maximum atomic E-state index is 12.7. The molecule has 0 bridgehead atoms. The molecule has 1 heterocycles. The second-order valence-corrected chi connectivity index (χ2v) is 8.31. The lowest BCUT2D eigenvalue weighted by Gasteiger charge is -2.11. The standard InChI is InChI=1S/C30H22N4O4/c35-28(32-22-12-8-11-21(17-22)27-18-31-25-15-6-7-16-26(25)33-27)19-38-30(37)23-13-4-5-14-24(23)34-29(36)20-9-2-1-3-10-20/h1-18H,19H2,(H,32,35)(H,34,36). The number of benzene rings is 4. The number of fused-ring (bicyclic) bond motifs is 1. The van der Waals surface area contributed by atoms with Gasteiger partial charge in [0.2, 0.25) is 0 Å². The van der Waals surface area contributed by atoms with Crippen molar-refractivity contribution in [3.05, 3.63) is 120 Å². The van der Waals surface area contributed by atoms with E-state index in [0.717, 1.165) is 16.6 Å². The van der Waals surface area contributed by atoms with E-state index in [1.54, 1.807) is 72.9 Å². The van der Waals surface area contributed by atoms with Gasteiger partial charge in [0, 0.05) is 16.8 Å². The number of para-hydroxylation sites is 3. The van der Waals surface area contributed by atoms with E-state index in [-0.39, 0.29) is 17.2 Å². The van der Waals surface area contributed by atoms with Crippen molar-refractivity contribution in [1.82, 2.24) is 9.97 Å². The molecular formula is C30H22N4O4. The summed E-state index contributed by atoms with van der Waals surface area (Å²) in [5.74, 6) is -1.60. The molecule has 1 aromatic heterocycles. The summed E-state index contributed by atoms with van der Waals surface area (Å²) < 4.78 is 5.23. The van der Waals surface area contributed by atoms with Crippen molar-refractivity contribution in [2.45, 2.75) is 0 Å². The number of hydrogen-bond donors (Lipinski definition) is 2. The number of carbonyl (C=O) groups excluding carboxylic acids is 3. The fourth-order valence-corrected chi connectivity index (χ4v) is 3.81. The van der Waals surface area contributed by atoms with Crippen LogP contribution in [0.5, 0.6) is 0 Å². The molecular weight excluding hydrogens is 480 g/mol. The Bertz CT molecular complexity index is 1640. The third-order valence-electron chi connectivity index (χ3n) is 5.66. The predicted molar refractivity (Wildman–Crippen MR) is 145 cm³/mol. The molecule has 0 unspecified atom stereocenters. The van der Waals surface area contributed by atoms with Gasteiger partial charge in [-0.15, -0.1) is 0 Å². The number of hydrogen-bond acceptors (Lipinski definition) is 6. The summed E-state index contributed by atoms with van der Waals surface area (Å²) in [7, 11) is 0. The second kappa shape index (κ2) is 11.1. The van der Waals surface area contributed by atoms with E-state index in [0.29, 0.717) is 16.9 Å². The number of ether oxygens (including phenoxy) is 1. The number of amides is 2. The van der Waals surface area contributed by atoms with Crippen LogP contribution < -0.4 is 10.6 Å². The van der Waals surface area contributed by atoms with Crippen LogP contribution in [0.2, 0.25) is 0 Å². The van der Waals surface area contributed by atoms with Gasteiger partial charge in [-0.2, -0.15) is 0 Å². The Balaban J connectivity index is 1.22. The lowest BCUT2D eigenvalue weighted by Crippen LogP contribution is -2.22. The summed E-state index contributed by atoms with van der Waals surface area (Å²) in [6.45, 7) is -0.500. The Labute approximate surface area is 218 Å². The fraction of sp³-hybridized carbons (Fsp3) is 0.0333. The van der Waals surface area contributed by atoms with Crippen molar-refractivity contribution in [3.8, 4) is 11.3 Å². The Morgan fingerprint density at radius 1 is 0.737 bits per heavy atom. The first-order valence-electron chi connectivity index (χ1n) is 11.8. The van der Waals surface area contributed by atoms with Crippen LogP contribution in [0.25, 0.3) is 22.3 Å². The minimum atomic E-state index is -0.732. The zero-order chi connectivity index (χ0) is 26.3. The van der Waals surface area contributed by atoms with Gasteiger partial charge in [-0.3, -0.25) is 14.6 Å². The summed E-state index contributed by atoms with van der Waals surface area (Å²) in [6, 6.07) is 29.8. The molecule has 0 radical (unpaired) electrons. The molecule has 0 aliphatic carbocycles. The van der Waals surface area contributed by atoms with Gasteiger partial charge in [0.1, 0.15) is 0 Å². The number of aromatic nitrogens is 2. The highest BCUT2D eigenvalue weighted by atomic mass is 16.5. The van der Waals surface area contributed by atoms with Crippen molar-refractivity contribution >= 4 is 40.2 Å². The predicted octanol–water partition coefficient (Wildman–Crippen LogP) is 5.34. The van der Waals surface area contributed by atoms with E-state index in [1.165, 1.54) is 6.07 Å². The zero-order valence-electron chi connectivity index (χ0n) is 20.1. The lowest BCUT2D eigenvalue weighted by molar-refractivity contribution is -0.119. The summed E-state index contributed by atoms with van der Waals surface area (Å²) in [6.07, 6.45) is 1.68. The molecule has 0 fully saturated rings. The molecule has 38 heavy (non-hydrogen) atoms. The number of anilines is 2. The molecule has 8 heteroatoms. The fourth-order valence-electron chi connectivity index (χ4n) is 3.81. The quantitative estimate of drug-likeness (QED) is 0.291. The average molecular weight is 503 g/mol. The molecule has 2 N–H and O–H groups in total. The third kappa shape index (κ3) is 5.71. The van der Waals surface area contributed by atoms with Gasteiger partial charge in [-0.25, -0.2) is 9.78 Å². The minimum absolute atomic E-state index is 0.140. The van der Waals surface area contributed by atoms with Crippen molar-refractivity contribution in [1.29, 1.82) is 0 Å².